The van der Waals surface area contributed by atoms with Gasteiger partial charge in [-0.05, 0) is 66.4 Å². The van der Waals surface area contributed by atoms with Gasteiger partial charge in [-0.1, -0.05) is 62.2 Å². The van der Waals surface area contributed by atoms with Gasteiger partial charge in [0.25, 0.3) is 11.8 Å². The van der Waals surface area contributed by atoms with Crippen molar-refractivity contribution in [3.63, 3.8) is 0 Å². The third-order valence-corrected chi connectivity index (χ3v) is 6.30. The summed E-state index contributed by atoms with van der Waals surface area (Å²) in [5, 5.41) is 3.17. The van der Waals surface area contributed by atoms with Crippen molar-refractivity contribution in [3.8, 4) is 5.75 Å². The highest BCUT2D eigenvalue weighted by molar-refractivity contribution is 6.53. The molecular weight excluding hydrogens is 499 g/mol. The summed E-state index contributed by atoms with van der Waals surface area (Å²) in [5.41, 5.74) is 2.54. The van der Waals surface area contributed by atoms with Crippen LogP contribution in [0, 0.1) is 6.92 Å². The standard InChI is InChI=1S/C28H24Cl2N2O4/c1-16-15-18(29)11-14-21(16)32-25(33)23(30)24(26(32)34)31-19-12-9-17(10-13-19)27(35)36-22-8-6-5-7-20(22)28(2,3)4/h5-15,31H,1-4H3. The van der Waals surface area contributed by atoms with Gasteiger partial charge in [0, 0.05) is 16.3 Å². The molecule has 0 fully saturated rings. The molecule has 8 heteroatoms. The molecule has 0 bridgehead atoms. The molecule has 1 aliphatic rings. The number of rotatable bonds is 5. The van der Waals surface area contributed by atoms with Crippen molar-refractivity contribution >= 4 is 52.4 Å². The zero-order valence-electron chi connectivity index (χ0n) is 20.2. The van der Waals surface area contributed by atoms with E-state index in [4.69, 9.17) is 27.9 Å². The molecule has 2 amide bonds. The molecule has 3 aromatic carbocycles. The van der Waals surface area contributed by atoms with Gasteiger partial charge in [-0.2, -0.15) is 0 Å². The van der Waals surface area contributed by atoms with Crippen molar-refractivity contribution in [3.05, 3.63) is 99.2 Å². The second-order valence-corrected chi connectivity index (χ2v) is 10.2. The van der Waals surface area contributed by atoms with Gasteiger partial charge in [-0.3, -0.25) is 9.59 Å². The number of carbonyl (C=O) groups is 3. The van der Waals surface area contributed by atoms with E-state index in [9.17, 15) is 14.4 Å². The minimum Gasteiger partial charge on any atom is -0.423 e. The predicted molar refractivity (Wildman–Crippen MR) is 142 cm³/mol. The van der Waals surface area contributed by atoms with Crippen LogP contribution in [-0.2, 0) is 15.0 Å². The maximum atomic E-state index is 13.1. The first-order valence-corrected chi connectivity index (χ1v) is 12.0. The number of carbonyl (C=O) groups excluding carboxylic acids is 3. The first kappa shape index (κ1) is 25.5. The number of halogens is 2. The number of ether oxygens (including phenoxy) is 1. The molecule has 184 valence electrons. The Hall–Kier alpha value is -3.61. The van der Waals surface area contributed by atoms with Gasteiger partial charge in [0.05, 0.1) is 11.3 Å². The van der Waals surface area contributed by atoms with Crippen molar-refractivity contribution in [2.75, 3.05) is 10.2 Å². The molecule has 1 N–H and O–H groups in total. The van der Waals surface area contributed by atoms with E-state index in [2.05, 4.69) is 5.32 Å². The van der Waals surface area contributed by atoms with Gasteiger partial charge in [-0.25, -0.2) is 9.69 Å². The third-order valence-electron chi connectivity index (χ3n) is 5.71. The molecule has 4 rings (SSSR count). The third kappa shape index (κ3) is 5.01. The molecule has 6 nitrogen and oxygen atoms in total. The summed E-state index contributed by atoms with van der Waals surface area (Å²) in [6, 6.07) is 18.6. The van der Waals surface area contributed by atoms with Crippen LogP contribution in [0.2, 0.25) is 5.02 Å². The summed E-state index contributed by atoms with van der Waals surface area (Å²) in [6.45, 7) is 7.89. The number of anilines is 2. The van der Waals surface area contributed by atoms with Crippen molar-refractivity contribution in [1.82, 2.24) is 0 Å². The highest BCUT2D eigenvalue weighted by Crippen LogP contribution is 2.34. The number of esters is 1. The molecule has 0 aliphatic carbocycles. The number of nitrogens with zero attached hydrogens (tertiary/aromatic N) is 1. The fourth-order valence-corrected chi connectivity index (χ4v) is 4.31. The van der Waals surface area contributed by atoms with Crippen LogP contribution >= 0.6 is 23.2 Å². The summed E-state index contributed by atoms with van der Waals surface area (Å²) in [4.78, 5) is 39.6. The van der Waals surface area contributed by atoms with E-state index >= 15 is 0 Å². The first-order chi connectivity index (χ1) is 17.0. The van der Waals surface area contributed by atoms with Crippen LogP contribution in [0.15, 0.2) is 77.5 Å². The fraction of sp³-hybridized carbons (Fsp3) is 0.179. The number of para-hydroxylation sites is 1. The molecule has 0 radical (unpaired) electrons. The van der Waals surface area contributed by atoms with Crippen LogP contribution in [0.5, 0.6) is 5.75 Å². The van der Waals surface area contributed by atoms with Crippen LogP contribution in [-0.4, -0.2) is 17.8 Å². The Bertz CT molecular complexity index is 1410. The van der Waals surface area contributed by atoms with Gasteiger partial charge in [0.15, 0.2) is 0 Å². The zero-order valence-corrected chi connectivity index (χ0v) is 21.7. The van der Waals surface area contributed by atoms with Crippen LogP contribution < -0.4 is 15.0 Å². The minimum absolute atomic E-state index is 0.0505. The van der Waals surface area contributed by atoms with Crippen LogP contribution in [0.1, 0.15) is 42.3 Å². The maximum absolute atomic E-state index is 13.1. The Labute approximate surface area is 219 Å². The topological polar surface area (TPSA) is 75.7 Å². The quantitative estimate of drug-likeness (QED) is 0.232. The van der Waals surface area contributed by atoms with E-state index in [-0.39, 0.29) is 16.1 Å². The van der Waals surface area contributed by atoms with Crippen LogP contribution in [0.25, 0.3) is 0 Å². The molecule has 0 aromatic heterocycles. The smallest absolute Gasteiger partial charge is 0.343 e. The number of aryl methyl sites for hydroxylation is 1. The molecule has 0 spiro atoms. The van der Waals surface area contributed by atoms with E-state index in [1.165, 1.54) is 0 Å². The van der Waals surface area contributed by atoms with Gasteiger partial charge < -0.3 is 10.1 Å². The fourth-order valence-electron chi connectivity index (χ4n) is 3.87. The lowest BCUT2D eigenvalue weighted by Crippen LogP contribution is -2.32. The lowest BCUT2D eigenvalue weighted by atomic mass is 9.86. The summed E-state index contributed by atoms with van der Waals surface area (Å²) in [7, 11) is 0. The number of hydrogen-bond acceptors (Lipinski definition) is 5. The van der Waals surface area contributed by atoms with Gasteiger partial charge in [-0.15, -0.1) is 0 Å². The minimum atomic E-state index is -0.632. The highest BCUT2D eigenvalue weighted by Gasteiger charge is 2.39. The summed E-state index contributed by atoms with van der Waals surface area (Å²) >= 11 is 12.2. The number of nitrogens with one attached hydrogen (secondary N) is 1. The Kier molecular flexibility index (Phi) is 6.94. The lowest BCUT2D eigenvalue weighted by molar-refractivity contribution is -0.120. The van der Waals surface area contributed by atoms with Crippen LogP contribution in [0.3, 0.4) is 0 Å². The molecule has 0 unspecified atom stereocenters. The SMILES string of the molecule is Cc1cc(Cl)ccc1N1C(=O)C(Cl)=C(Nc2ccc(C(=O)Oc3ccccc3C(C)(C)C)cc2)C1=O. The van der Waals surface area contributed by atoms with Gasteiger partial charge in [0.2, 0.25) is 0 Å². The first-order valence-electron chi connectivity index (χ1n) is 11.2. The van der Waals surface area contributed by atoms with Crippen molar-refractivity contribution in [2.45, 2.75) is 33.1 Å². The van der Waals surface area contributed by atoms with Crippen molar-refractivity contribution in [2.24, 2.45) is 0 Å². The average molecular weight is 523 g/mol. The molecule has 0 saturated heterocycles. The van der Waals surface area contributed by atoms with E-state index in [0.717, 1.165) is 10.5 Å². The lowest BCUT2D eigenvalue weighted by Gasteiger charge is -2.22. The van der Waals surface area contributed by atoms with Gasteiger partial charge >= 0.3 is 5.97 Å². The van der Waals surface area contributed by atoms with E-state index in [0.29, 0.717) is 33.3 Å². The highest BCUT2D eigenvalue weighted by atomic mass is 35.5. The predicted octanol–water partition coefficient (Wildman–Crippen LogP) is 6.60. The van der Waals surface area contributed by atoms with Crippen LogP contribution in [0.4, 0.5) is 11.4 Å². The number of amides is 2. The Morgan fingerprint density at radius 1 is 0.917 bits per heavy atom. The summed E-state index contributed by atoms with van der Waals surface area (Å²) in [5.74, 6) is -1.22. The van der Waals surface area contributed by atoms with E-state index in [1.807, 2.05) is 39.0 Å². The molecule has 1 heterocycles. The van der Waals surface area contributed by atoms with Crippen molar-refractivity contribution < 1.29 is 19.1 Å². The second kappa shape index (κ2) is 9.80. The molecular formula is C28H24Cl2N2O4. The number of hydrogen-bond donors (Lipinski definition) is 1. The molecule has 1 aliphatic heterocycles. The molecule has 0 saturated carbocycles. The Morgan fingerprint density at radius 2 is 1.58 bits per heavy atom. The average Bonchev–Trinajstić information content (AvgIpc) is 3.02. The normalized spacial score (nSPS) is 13.9. The summed E-state index contributed by atoms with van der Waals surface area (Å²) in [6.07, 6.45) is 0. The zero-order chi connectivity index (χ0) is 26.2. The van der Waals surface area contributed by atoms with Crippen molar-refractivity contribution in [1.29, 1.82) is 0 Å². The number of benzene rings is 3. The van der Waals surface area contributed by atoms with E-state index < -0.39 is 17.8 Å². The largest absolute Gasteiger partial charge is 0.423 e. The molecule has 36 heavy (non-hydrogen) atoms. The Morgan fingerprint density at radius 3 is 2.22 bits per heavy atom. The molecule has 0 atom stereocenters. The molecule has 3 aromatic rings. The second-order valence-electron chi connectivity index (χ2n) is 9.40. The monoisotopic (exact) mass is 522 g/mol. The summed E-state index contributed by atoms with van der Waals surface area (Å²) < 4.78 is 5.66. The van der Waals surface area contributed by atoms with E-state index in [1.54, 1.807) is 55.5 Å². The Balaban J connectivity index is 1.50. The number of imide groups is 1. The maximum Gasteiger partial charge on any atom is 0.343 e. The van der Waals surface area contributed by atoms with Gasteiger partial charge in [0.1, 0.15) is 16.5 Å².